The molecule has 0 fully saturated rings. The molecule has 1 aromatic heterocycles. The molecule has 0 amide bonds. The van der Waals surface area contributed by atoms with E-state index in [1.807, 2.05) is 0 Å². The van der Waals surface area contributed by atoms with E-state index in [1.165, 1.54) is 12.3 Å². The Kier molecular flexibility index (Phi) is 7.60. The minimum Gasteiger partial charge on any atom is -0.381 e. The van der Waals surface area contributed by atoms with Crippen LogP contribution in [0.15, 0.2) is 18.3 Å². The normalized spacial score (nSPS) is 12.9. The van der Waals surface area contributed by atoms with Crippen LogP contribution in [-0.2, 0) is 4.74 Å². The van der Waals surface area contributed by atoms with Crippen LogP contribution in [-0.4, -0.2) is 24.7 Å². The summed E-state index contributed by atoms with van der Waals surface area (Å²) in [5.74, 6) is 0.292. The third-order valence-corrected chi connectivity index (χ3v) is 2.82. The van der Waals surface area contributed by atoms with Crippen molar-refractivity contribution in [2.24, 2.45) is 5.92 Å². The first-order valence-corrected chi connectivity index (χ1v) is 7.06. The summed E-state index contributed by atoms with van der Waals surface area (Å²) in [6.45, 7) is 8.86. The number of rotatable bonds is 9. The Balaban J connectivity index is 2.24. The maximum atomic E-state index is 12.8. The van der Waals surface area contributed by atoms with Gasteiger partial charge in [-0.2, -0.15) is 0 Å². The first-order valence-electron chi connectivity index (χ1n) is 7.06. The van der Waals surface area contributed by atoms with E-state index in [4.69, 9.17) is 4.74 Å². The molecule has 0 spiro atoms. The standard InChI is InChI=1S/C15H25FN2O/c1-4-14(15-7-6-13(16)10-18-15)17-8-5-9-19-11-12(2)3/h6-7,10,12,14,17H,4-5,8-9,11H2,1-3H3. The van der Waals surface area contributed by atoms with Crippen LogP contribution in [0.4, 0.5) is 4.39 Å². The van der Waals surface area contributed by atoms with Gasteiger partial charge in [-0.15, -0.1) is 0 Å². The smallest absolute Gasteiger partial charge is 0.141 e. The van der Waals surface area contributed by atoms with Crippen LogP contribution in [0.3, 0.4) is 0 Å². The molecule has 0 aliphatic carbocycles. The van der Waals surface area contributed by atoms with Gasteiger partial charge in [0.15, 0.2) is 0 Å². The van der Waals surface area contributed by atoms with Crippen molar-refractivity contribution in [2.75, 3.05) is 19.8 Å². The van der Waals surface area contributed by atoms with E-state index in [1.54, 1.807) is 6.07 Å². The Labute approximate surface area is 115 Å². The molecule has 4 heteroatoms. The molecule has 1 aromatic rings. The molecule has 0 saturated heterocycles. The van der Waals surface area contributed by atoms with Gasteiger partial charge >= 0.3 is 0 Å². The second kappa shape index (κ2) is 8.99. The molecule has 0 aromatic carbocycles. The Bertz CT molecular complexity index is 341. The van der Waals surface area contributed by atoms with Gasteiger partial charge in [-0.3, -0.25) is 4.98 Å². The quantitative estimate of drug-likeness (QED) is 0.698. The third kappa shape index (κ3) is 6.64. The number of pyridine rings is 1. The number of hydrogen-bond acceptors (Lipinski definition) is 3. The zero-order valence-electron chi connectivity index (χ0n) is 12.2. The highest BCUT2D eigenvalue weighted by atomic mass is 19.1. The molecule has 19 heavy (non-hydrogen) atoms. The van der Waals surface area contributed by atoms with Crippen LogP contribution in [0.5, 0.6) is 0 Å². The van der Waals surface area contributed by atoms with E-state index in [0.717, 1.165) is 38.3 Å². The van der Waals surface area contributed by atoms with Crippen molar-refractivity contribution >= 4 is 0 Å². The molecule has 1 N–H and O–H groups in total. The van der Waals surface area contributed by atoms with E-state index in [2.05, 4.69) is 31.1 Å². The molecule has 108 valence electrons. The zero-order chi connectivity index (χ0) is 14.1. The molecule has 1 unspecified atom stereocenters. The second-order valence-corrected chi connectivity index (χ2v) is 5.14. The van der Waals surface area contributed by atoms with Crippen LogP contribution in [0.1, 0.15) is 45.3 Å². The average Bonchev–Trinajstić information content (AvgIpc) is 2.39. The van der Waals surface area contributed by atoms with Gasteiger partial charge in [0.2, 0.25) is 0 Å². The SMILES string of the molecule is CCC(NCCCOCC(C)C)c1ccc(F)cn1. The van der Waals surface area contributed by atoms with Crippen molar-refractivity contribution in [3.05, 3.63) is 29.8 Å². The number of hydrogen-bond donors (Lipinski definition) is 1. The molecule has 3 nitrogen and oxygen atoms in total. The molecule has 0 radical (unpaired) electrons. The highest BCUT2D eigenvalue weighted by Gasteiger charge is 2.09. The second-order valence-electron chi connectivity index (χ2n) is 5.14. The lowest BCUT2D eigenvalue weighted by atomic mass is 10.1. The van der Waals surface area contributed by atoms with E-state index in [0.29, 0.717) is 5.92 Å². The Morgan fingerprint density at radius 1 is 1.37 bits per heavy atom. The van der Waals surface area contributed by atoms with Crippen LogP contribution in [0.2, 0.25) is 0 Å². The molecule has 1 heterocycles. The predicted octanol–water partition coefficient (Wildman–Crippen LogP) is 3.32. The molecule has 1 atom stereocenters. The minimum atomic E-state index is -0.291. The van der Waals surface area contributed by atoms with Crippen molar-refractivity contribution in [1.29, 1.82) is 0 Å². The van der Waals surface area contributed by atoms with E-state index in [9.17, 15) is 4.39 Å². The number of ether oxygens (including phenoxy) is 1. The average molecular weight is 268 g/mol. The van der Waals surface area contributed by atoms with Gasteiger partial charge in [0.25, 0.3) is 0 Å². The van der Waals surface area contributed by atoms with Crippen molar-refractivity contribution in [2.45, 2.75) is 39.7 Å². The number of aromatic nitrogens is 1. The summed E-state index contributed by atoms with van der Waals surface area (Å²) in [5, 5.41) is 3.43. The number of nitrogens with one attached hydrogen (secondary N) is 1. The highest BCUT2D eigenvalue weighted by Crippen LogP contribution is 2.13. The maximum Gasteiger partial charge on any atom is 0.141 e. The first-order chi connectivity index (χ1) is 9.13. The Morgan fingerprint density at radius 2 is 2.16 bits per heavy atom. The summed E-state index contributed by atoms with van der Waals surface area (Å²) in [6, 6.07) is 3.38. The minimum absolute atomic E-state index is 0.186. The van der Waals surface area contributed by atoms with Crippen LogP contribution in [0.25, 0.3) is 0 Å². The summed E-state index contributed by atoms with van der Waals surface area (Å²) in [6.07, 6.45) is 3.18. The summed E-state index contributed by atoms with van der Waals surface area (Å²) >= 11 is 0. The van der Waals surface area contributed by atoms with Gasteiger partial charge in [0, 0.05) is 19.3 Å². The summed E-state index contributed by atoms with van der Waals surface area (Å²) < 4.78 is 18.3. The topological polar surface area (TPSA) is 34.1 Å². The fourth-order valence-corrected chi connectivity index (χ4v) is 1.82. The lowest BCUT2D eigenvalue weighted by molar-refractivity contribution is 0.107. The summed E-state index contributed by atoms with van der Waals surface area (Å²) in [5.41, 5.74) is 0.895. The Morgan fingerprint density at radius 3 is 2.74 bits per heavy atom. The molecular formula is C15H25FN2O. The van der Waals surface area contributed by atoms with E-state index >= 15 is 0 Å². The van der Waals surface area contributed by atoms with Crippen LogP contribution >= 0.6 is 0 Å². The summed E-state index contributed by atoms with van der Waals surface area (Å²) in [4.78, 5) is 4.12. The van der Waals surface area contributed by atoms with Crippen LogP contribution < -0.4 is 5.32 Å². The van der Waals surface area contributed by atoms with E-state index < -0.39 is 0 Å². The molecule has 0 aliphatic heterocycles. The monoisotopic (exact) mass is 268 g/mol. The van der Waals surface area contributed by atoms with Crippen molar-refractivity contribution in [3.8, 4) is 0 Å². The third-order valence-electron chi connectivity index (χ3n) is 2.82. The number of nitrogens with zero attached hydrogens (tertiary/aromatic N) is 1. The van der Waals surface area contributed by atoms with Crippen molar-refractivity contribution in [3.63, 3.8) is 0 Å². The molecular weight excluding hydrogens is 243 g/mol. The lowest BCUT2D eigenvalue weighted by Gasteiger charge is -2.16. The largest absolute Gasteiger partial charge is 0.381 e. The zero-order valence-corrected chi connectivity index (χ0v) is 12.2. The number of halogens is 1. The lowest BCUT2D eigenvalue weighted by Crippen LogP contribution is -2.23. The maximum absolute atomic E-state index is 12.8. The van der Waals surface area contributed by atoms with Crippen LogP contribution in [0, 0.1) is 11.7 Å². The molecule has 1 rings (SSSR count). The van der Waals surface area contributed by atoms with E-state index in [-0.39, 0.29) is 11.9 Å². The van der Waals surface area contributed by atoms with Gasteiger partial charge in [-0.1, -0.05) is 20.8 Å². The van der Waals surface area contributed by atoms with Gasteiger partial charge in [0.05, 0.1) is 11.9 Å². The van der Waals surface area contributed by atoms with Gasteiger partial charge in [-0.25, -0.2) is 4.39 Å². The van der Waals surface area contributed by atoms with Gasteiger partial charge < -0.3 is 10.1 Å². The van der Waals surface area contributed by atoms with Gasteiger partial charge in [-0.05, 0) is 37.4 Å². The predicted molar refractivity (Wildman–Crippen MR) is 75.5 cm³/mol. The molecule has 0 bridgehead atoms. The first kappa shape index (κ1) is 16.1. The van der Waals surface area contributed by atoms with Gasteiger partial charge in [0.1, 0.15) is 5.82 Å². The van der Waals surface area contributed by atoms with Crippen molar-refractivity contribution < 1.29 is 9.13 Å². The molecule has 0 saturated carbocycles. The highest BCUT2D eigenvalue weighted by molar-refractivity contribution is 5.09. The van der Waals surface area contributed by atoms with Crippen molar-refractivity contribution in [1.82, 2.24) is 10.3 Å². The fourth-order valence-electron chi connectivity index (χ4n) is 1.82. The fraction of sp³-hybridized carbons (Fsp3) is 0.667. The molecule has 0 aliphatic rings. The summed E-state index contributed by atoms with van der Waals surface area (Å²) in [7, 11) is 0. The Hall–Kier alpha value is -1.00.